The summed E-state index contributed by atoms with van der Waals surface area (Å²) in [6.45, 7) is 3.98. The molecule has 4 heteroatoms. The summed E-state index contributed by atoms with van der Waals surface area (Å²) in [6, 6.07) is 12.6. The molecule has 0 aliphatic heterocycles. The largest absolute Gasteiger partial charge is 0.497 e. The molecular weight excluding hydrogens is 289 g/mol. The van der Waals surface area contributed by atoms with E-state index in [4.69, 9.17) is 16.3 Å². The molecule has 2 atom stereocenters. The maximum Gasteiger partial charge on any atom is 0.131 e. The van der Waals surface area contributed by atoms with Gasteiger partial charge < -0.3 is 10.1 Å². The number of ether oxygens (including phenoxy) is 1. The van der Waals surface area contributed by atoms with Crippen LogP contribution in [0.5, 0.6) is 5.75 Å². The second-order valence-corrected chi connectivity index (χ2v) is 5.49. The van der Waals surface area contributed by atoms with Gasteiger partial charge in [-0.05, 0) is 37.6 Å². The van der Waals surface area contributed by atoms with Crippen molar-refractivity contribution in [1.82, 2.24) is 5.32 Å². The van der Waals surface area contributed by atoms with Crippen molar-refractivity contribution in [3.8, 4) is 5.75 Å². The monoisotopic (exact) mass is 307 g/mol. The Hall–Kier alpha value is -1.58. The van der Waals surface area contributed by atoms with E-state index in [2.05, 4.69) is 5.32 Å². The number of hydrogen-bond acceptors (Lipinski definition) is 2. The van der Waals surface area contributed by atoms with Crippen molar-refractivity contribution in [3.63, 3.8) is 0 Å². The molecule has 0 aromatic heterocycles. The van der Waals surface area contributed by atoms with Crippen molar-refractivity contribution in [3.05, 3.63) is 64.4 Å². The van der Waals surface area contributed by atoms with E-state index in [9.17, 15) is 4.39 Å². The molecule has 0 aliphatic rings. The highest BCUT2D eigenvalue weighted by Crippen LogP contribution is 2.25. The number of halogens is 2. The van der Waals surface area contributed by atoms with E-state index >= 15 is 0 Å². The maximum atomic E-state index is 14.1. The van der Waals surface area contributed by atoms with Crippen molar-refractivity contribution < 1.29 is 9.13 Å². The molecule has 2 aromatic carbocycles. The quantitative estimate of drug-likeness (QED) is 0.848. The van der Waals surface area contributed by atoms with Crippen molar-refractivity contribution in [2.45, 2.75) is 25.9 Å². The molecule has 0 bridgehead atoms. The van der Waals surface area contributed by atoms with E-state index in [-0.39, 0.29) is 17.9 Å². The Labute approximate surface area is 129 Å². The summed E-state index contributed by atoms with van der Waals surface area (Å²) >= 11 is 5.89. The van der Waals surface area contributed by atoms with E-state index in [1.807, 2.05) is 38.1 Å². The van der Waals surface area contributed by atoms with Crippen LogP contribution < -0.4 is 10.1 Å². The minimum atomic E-state index is -0.266. The highest BCUT2D eigenvalue weighted by Gasteiger charge is 2.15. The van der Waals surface area contributed by atoms with E-state index in [1.165, 1.54) is 13.2 Å². The topological polar surface area (TPSA) is 21.3 Å². The van der Waals surface area contributed by atoms with Crippen LogP contribution in [0.4, 0.5) is 4.39 Å². The van der Waals surface area contributed by atoms with Gasteiger partial charge in [0.15, 0.2) is 0 Å². The van der Waals surface area contributed by atoms with Gasteiger partial charge in [-0.3, -0.25) is 0 Å². The van der Waals surface area contributed by atoms with E-state index in [0.29, 0.717) is 16.3 Å². The highest BCUT2D eigenvalue weighted by molar-refractivity contribution is 6.30. The Morgan fingerprint density at radius 3 is 2.29 bits per heavy atom. The summed E-state index contributed by atoms with van der Waals surface area (Å²) in [5.74, 6) is 0.256. The third kappa shape index (κ3) is 3.96. The van der Waals surface area contributed by atoms with Gasteiger partial charge in [-0.1, -0.05) is 29.8 Å². The number of methoxy groups -OCH3 is 1. The van der Waals surface area contributed by atoms with Gasteiger partial charge in [0.05, 0.1) is 7.11 Å². The van der Waals surface area contributed by atoms with E-state index < -0.39 is 0 Å². The van der Waals surface area contributed by atoms with Crippen molar-refractivity contribution in [2.24, 2.45) is 0 Å². The first-order valence-corrected chi connectivity index (χ1v) is 7.24. The predicted molar refractivity (Wildman–Crippen MR) is 84.4 cm³/mol. The molecule has 0 radical (unpaired) electrons. The average molecular weight is 308 g/mol. The SMILES string of the molecule is COc1ccc(C(C)N[C@@H](C)c2ccc(Cl)cc2)c(F)c1. The summed E-state index contributed by atoms with van der Waals surface area (Å²) in [5, 5.41) is 4.09. The zero-order valence-corrected chi connectivity index (χ0v) is 13.1. The van der Waals surface area contributed by atoms with Crippen LogP contribution in [-0.4, -0.2) is 7.11 Å². The molecule has 0 fully saturated rings. The smallest absolute Gasteiger partial charge is 0.131 e. The number of rotatable bonds is 5. The molecule has 0 saturated heterocycles. The number of nitrogens with one attached hydrogen (secondary N) is 1. The van der Waals surface area contributed by atoms with Gasteiger partial charge in [-0.2, -0.15) is 0 Å². The van der Waals surface area contributed by atoms with Gasteiger partial charge in [0.2, 0.25) is 0 Å². The van der Waals surface area contributed by atoms with E-state index in [0.717, 1.165) is 5.56 Å². The van der Waals surface area contributed by atoms with Crippen LogP contribution in [0.3, 0.4) is 0 Å². The Morgan fingerprint density at radius 1 is 1.05 bits per heavy atom. The van der Waals surface area contributed by atoms with Gasteiger partial charge in [0.1, 0.15) is 11.6 Å². The van der Waals surface area contributed by atoms with Gasteiger partial charge in [-0.25, -0.2) is 4.39 Å². The minimum absolute atomic E-state index is 0.0961. The van der Waals surface area contributed by atoms with Crippen molar-refractivity contribution in [2.75, 3.05) is 7.11 Å². The molecule has 0 amide bonds. The van der Waals surface area contributed by atoms with Crippen molar-refractivity contribution >= 4 is 11.6 Å². The number of benzene rings is 2. The zero-order valence-electron chi connectivity index (χ0n) is 12.4. The third-order valence-electron chi connectivity index (χ3n) is 3.54. The molecule has 0 heterocycles. The van der Waals surface area contributed by atoms with Gasteiger partial charge >= 0.3 is 0 Å². The first-order chi connectivity index (χ1) is 10.0. The third-order valence-corrected chi connectivity index (χ3v) is 3.80. The fourth-order valence-electron chi connectivity index (χ4n) is 2.30. The Kier molecular flexibility index (Phi) is 5.21. The molecule has 2 rings (SSSR count). The predicted octanol–water partition coefficient (Wildman–Crippen LogP) is 4.90. The van der Waals surface area contributed by atoms with Crippen LogP contribution in [0.15, 0.2) is 42.5 Å². The maximum absolute atomic E-state index is 14.1. The lowest BCUT2D eigenvalue weighted by Gasteiger charge is -2.21. The second kappa shape index (κ2) is 6.92. The summed E-state index contributed by atoms with van der Waals surface area (Å²) in [5.41, 5.74) is 1.73. The Morgan fingerprint density at radius 2 is 1.71 bits per heavy atom. The standard InChI is InChI=1S/C17H19ClFNO/c1-11(13-4-6-14(18)7-5-13)20-12(2)16-9-8-15(21-3)10-17(16)19/h4-12,20H,1-3H3/t11-,12?/m0/s1. The highest BCUT2D eigenvalue weighted by atomic mass is 35.5. The fraction of sp³-hybridized carbons (Fsp3) is 0.294. The van der Waals surface area contributed by atoms with Crippen LogP contribution in [0.25, 0.3) is 0 Å². The molecule has 21 heavy (non-hydrogen) atoms. The first kappa shape index (κ1) is 15.8. The average Bonchev–Trinajstić information content (AvgIpc) is 2.47. The summed E-state index contributed by atoms with van der Waals surface area (Å²) < 4.78 is 19.1. The molecule has 112 valence electrons. The summed E-state index contributed by atoms with van der Waals surface area (Å²) in [7, 11) is 1.53. The first-order valence-electron chi connectivity index (χ1n) is 6.86. The van der Waals surface area contributed by atoms with Gasteiger partial charge in [-0.15, -0.1) is 0 Å². The van der Waals surface area contributed by atoms with Gasteiger partial charge in [0, 0.05) is 28.7 Å². The van der Waals surface area contributed by atoms with Crippen molar-refractivity contribution in [1.29, 1.82) is 0 Å². The summed E-state index contributed by atoms with van der Waals surface area (Å²) in [4.78, 5) is 0. The molecule has 1 unspecified atom stereocenters. The van der Waals surface area contributed by atoms with Crippen LogP contribution in [0.2, 0.25) is 5.02 Å². The lowest BCUT2D eigenvalue weighted by atomic mass is 10.0. The second-order valence-electron chi connectivity index (χ2n) is 5.05. The molecule has 0 spiro atoms. The minimum Gasteiger partial charge on any atom is -0.497 e. The lowest BCUT2D eigenvalue weighted by molar-refractivity contribution is 0.408. The molecule has 1 N–H and O–H groups in total. The molecule has 0 saturated carbocycles. The van der Waals surface area contributed by atoms with Crippen LogP contribution in [0, 0.1) is 5.82 Å². The normalized spacial score (nSPS) is 13.8. The lowest BCUT2D eigenvalue weighted by Crippen LogP contribution is -2.23. The number of hydrogen-bond donors (Lipinski definition) is 1. The molecule has 2 aromatic rings. The van der Waals surface area contributed by atoms with Gasteiger partial charge in [0.25, 0.3) is 0 Å². The Bertz CT molecular complexity index is 600. The molecule has 0 aliphatic carbocycles. The van der Waals surface area contributed by atoms with E-state index in [1.54, 1.807) is 12.1 Å². The zero-order chi connectivity index (χ0) is 15.4. The summed E-state index contributed by atoms with van der Waals surface area (Å²) in [6.07, 6.45) is 0. The molecular formula is C17H19ClFNO. The van der Waals surface area contributed by atoms with Crippen LogP contribution >= 0.6 is 11.6 Å². The van der Waals surface area contributed by atoms with Crippen LogP contribution in [-0.2, 0) is 0 Å². The Balaban J connectivity index is 2.10. The van der Waals surface area contributed by atoms with Crippen LogP contribution in [0.1, 0.15) is 37.1 Å². The fourth-order valence-corrected chi connectivity index (χ4v) is 2.42. The molecule has 2 nitrogen and oxygen atoms in total.